The monoisotopic (exact) mass is 134 g/mol. The summed E-state index contributed by atoms with van der Waals surface area (Å²) in [4.78, 5) is 0. The molecule has 0 aliphatic rings. The van der Waals surface area contributed by atoms with E-state index in [0.29, 0.717) is 0 Å². The van der Waals surface area contributed by atoms with Crippen LogP contribution in [0.15, 0.2) is 0 Å². The summed E-state index contributed by atoms with van der Waals surface area (Å²) in [6.07, 6.45) is 0. The maximum Gasteiger partial charge on any atom is 0.0914 e. The first-order valence-corrected chi connectivity index (χ1v) is 3.54. The Labute approximate surface area is 65.8 Å². The quantitative estimate of drug-likeness (QED) is 0.352. The van der Waals surface area contributed by atoms with Gasteiger partial charge in [-0.15, -0.1) is 5.92 Å². The molecule has 0 atom stereocenters. The van der Waals surface area contributed by atoms with Crippen LogP contribution in [0.3, 0.4) is 0 Å². The minimum Gasteiger partial charge on any atom is -0.106 e. The zero-order valence-electron chi connectivity index (χ0n) is 7.58. The van der Waals surface area contributed by atoms with Crippen molar-refractivity contribution >= 4 is 7.85 Å². The Kier molecular flexibility index (Phi) is 2.60. The zero-order valence-corrected chi connectivity index (χ0v) is 7.58. The van der Waals surface area contributed by atoms with Gasteiger partial charge in [-0.3, -0.25) is 0 Å². The van der Waals surface area contributed by atoms with Crippen molar-refractivity contribution in [3.63, 3.8) is 0 Å². The van der Waals surface area contributed by atoms with Crippen molar-refractivity contribution in [2.75, 3.05) is 0 Å². The summed E-state index contributed by atoms with van der Waals surface area (Å²) in [5.74, 6) is 6.08. The lowest BCUT2D eigenvalue weighted by atomic mass is 9.72. The van der Waals surface area contributed by atoms with Crippen LogP contribution in [0, 0.1) is 17.3 Å². The SMILES string of the molecule is [B]C(C)(C)C#CC(C)(C)C. The van der Waals surface area contributed by atoms with E-state index >= 15 is 0 Å². The topological polar surface area (TPSA) is 0 Å². The summed E-state index contributed by atoms with van der Waals surface area (Å²) in [5.41, 5.74) is 0.0661. The molecule has 10 heavy (non-hydrogen) atoms. The van der Waals surface area contributed by atoms with Gasteiger partial charge in [0.25, 0.3) is 0 Å². The predicted octanol–water partition coefficient (Wildman–Crippen LogP) is 2.40. The van der Waals surface area contributed by atoms with E-state index in [2.05, 4.69) is 32.6 Å². The molecule has 0 aromatic carbocycles. The fraction of sp³-hybridized carbons (Fsp3) is 0.778. The standard InChI is InChI=1S/C9H15B/c1-8(2,3)6-7-9(4,5)10/h1-5H3. The number of hydrogen-bond donors (Lipinski definition) is 0. The normalized spacial score (nSPS) is 12.1. The average molecular weight is 134 g/mol. The van der Waals surface area contributed by atoms with Gasteiger partial charge in [-0.25, -0.2) is 0 Å². The zero-order chi connectivity index (χ0) is 8.41. The minimum absolute atomic E-state index is 0.0661. The van der Waals surface area contributed by atoms with Crippen LogP contribution in [0.4, 0.5) is 0 Å². The molecule has 0 aliphatic heterocycles. The maximum absolute atomic E-state index is 5.67. The number of hydrogen-bond acceptors (Lipinski definition) is 0. The van der Waals surface area contributed by atoms with Crippen LogP contribution in [0.5, 0.6) is 0 Å². The van der Waals surface area contributed by atoms with E-state index in [1.165, 1.54) is 0 Å². The fourth-order valence-electron chi connectivity index (χ4n) is 0.349. The fourth-order valence-corrected chi connectivity index (χ4v) is 0.349. The Bertz CT molecular complexity index is 138. The van der Waals surface area contributed by atoms with Crippen LogP contribution >= 0.6 is 0 Å². The van der Waals surface area contributed by atoms with Crippen molar-refractivity contribution < 1.29 is 0 Å². The summed E-state index contributed by atoms with van der Waals surface area (Å²) in [5, 5.41) is -0.354. The summed E-state index contributed by atoms with van der Waals surface area (Å²) in [7, 11) is 5.67. The van der Waals surface area contributed by atoms with E-state index in [-0.39, 0.29) is 10.7 Å². The summed E-state index contributed by atoms with van der Waals surface area (Å²) >= 11 is 0. The molecule has 0 N–H and O–H groups in total. The third kappa shape index (κ3) is 7.62. The molecule has 0 nitrogen and oxygen atoms in total. The van der Waals surface area contributed by atoms with Crippen LogP contribution in [-0.2, 0) is 0 Å². The molecule has 1 heteroatoms. The van der Waals surface area contributed by atoms with Gasteiger partial charge in [-0.2, -0.15) is 0 Å². The van der Waals surface area contributed by atoms with Gasteiger partial charge in [0, 0.05) is 5.41 Å². The Morgan fingerprint density at radius 3 is 1.40 bits per heavy atom. The second kappa shape index (κ2) is 2.70. The van der Waals surface area contributed by atoms with E-state index in [9.17, 15) is 0 Å². The van der Waals surface area contributed by atoms with Gasteiger partial charge >= 0.3 is 0 Å². The molecule has 0 rings (SSSR count). The van der Waals surface area contributed by atoms with Crippen molar-refractivity contribution in [1.82, 2.24) is 0 Å². The van der Waals surface area contributed by atoms with Gasteiger partial charge in [0.05, 0.1) is 7.85 Å². The Balaban J connectivity index is 4.19. The molecule has 0 heterocycles. The molecule has 54 valence electrons. The van der Waals surface area contributed by atoms with Crippen molar-refractivity contribution in [3.05, 3.63) is 0 Å². The molecule has 0 unspecified atom stereocenters. The van der Waals surface area contributed by atoms with Crippen molar-refractivity contribution in [2.24, 2.45) is 5.41 Å². The molecule has 0 aliphatic carbocycles. The molecule has 0 spiro atoms. The lowest BCUT2D eigenvalue weighted by Crippen LogP contribution is -2.03. The highest BCUT2D eigenvalue weighted by molar-refractivity contribution is 6.16. The van der Waals surface area contributed by atoms with Crippen molar-refractivity contribution in [1.29, 1.82) is 0 Å². The largest absolute Gasteiger partial charge is 0.106 e. The van der Waals surface area contributed by atoms with Crippen molar-refractivity contribution in [2.45, 2.75) is 39.9 Å². The molecule has 0 bridgehead atoms. The van der Waals surface area contributed by atoms with E-state index in [0.717, 1.165) is 0 Å². The molecular formula is C9H15B. The molecule has 0 amide bonds. The lowest BCUT2D eigenvalue weighted by molar-refractivity contribution is 0.569. The first-order valence-electron chi connectivity index (χ1n) is 3.54. The van der Waals surface area contributed by atoms with E-state index in [1.807, 2.05) is 13.8 Å². The number of rotatable bonds is 0. The highest BCUT2D eigenvalue weighted by Gasteiger charge is 2.07. The summed E-state index contributed by atoms with van der Waals surface area (Å²) in [6.45, 7) is 10.0. The summed E-state index contributed by atoms with van der Waals surface area (Å²) in [6, 6.07) is 0. The molecule has 0 aromatic rings. The third-order valence-corrected chi connectivity index (χ3v) is 0.760. The average Bonchev–Trinajstić information content (AvgIpc) is 1.57. The molecule has 2 radical (unpaired) electrons. The predicted molar refractivity (Wildman–Crippen MR) is 47.0 cm³/mol. The third-order valence-electron chi connectivity index (χ3n) is 0.760. The smallest absolute Gasteiger partial charge is 0.0914 e. The Hall–Kier alpha value is -0.375. The van der Waals surface area contributed by atoms with Crippen LogP contribution < -0.4 is 0 Å². The highest BCUT2D eigenvalue weighted by atomic mass is 14.1. The summed E-state index contributed by atoms with van der Waals surface area (Å²) < 4.78 is 0. The molecule has 0 saturated heterocycles. The van der Waals surface area contributed by atoms with E-state index < -0.39 is 0 Å². The maximum atomic E-state index is 5.67. The Morgan fingerprint density at radius 2 is 1.30 bits per heavy atom. The molecular weight excluding hydrogens is 119 g/mol. The van der Waals surface area contributed by atoms with Gasteiger partial charge in [0.2, 0.25) is 0 Å². The van der Waals surface area contributed by atoms with Crippen LogP contribution in [0.2, 0.25) is 5.31 Å². The van der Waals surface area contributed by atoms with Crippen LogP contribution in [0.1, 0.15) is 34.6 Å². The minimum atomic E-state index is -0.354. The lowest BCUT2D eigenvalue weighted by Gasteiger charge is -2.12. The van der Waals surface area contributed by atoms with Gasteiger partial charge in [-0.05, 0) is 26.1 Å². The molecule has 0 fully saturated rings. The van der Waals surface area contributed by atoms with Crippen LogP contribution in [-0.4, -0.2) is 7.85 Å². The van der Waals surface area contributed by atoms with Gasteiger partial charge in [0.15, 0.2) is 0 Å². The van der Waals surface area contributed by atoms with E-state index in [1.54, 1.807) is 0 Å². The first-order chi connectivity index (χ1) is 4.21. The second-order valence-electron chi connectivity index (χ2n) is 4.22. The van der Waals surface area contributed by atoms with Gasteiger partial charge in [0.1, 0.15) is 0 Å². The van der Waals surface area contributed by atoms with E-state index in [4.69, 9.17) is 7.85 Å². The second-order valence-corrected chi connectivity index (χ2v) is 4.22. The highest BCUT2D eigenvalue weighted by Crippen LogP contribution is 2.18. The van der Waals surface area contributed by atoms with Gasteiger partial charge < -0.3 is 0 Å². The first kappa shape index (κ1) is 9.62. The van der Waals surface area contributed by atoms with Gasteiger partial charge in [-0.1, -0.05) is 19.8 Å². The Morgan fingerprint density at radius 1 is 0.900 bits per heavy atom. The van der Waals surface area contributed by atoms with Crippen molar-refractivity contribution in [3.8, 4) is 11.8 Å². The molecule has 0 saturated carbocycles. The molecule has 0 aromatic heterocycles. The van der Waals surface area contributed by atoms with Crippen LogP contribution in [0.25, 0.3) is 0 Å².